The topological polar surface area (TPSA) is 82.2 Å². The van der Waals surface area contributed by atoms with Gasteiger partial charge in [0, 0.05) is 31.7 Å². The number of carbonyl (C=O) groups excluding carboxylic acids is 2. The Morgan fingerprint density at radius 2 is 1.94 bits per heavy atom. The third-order valence-electron chi connectivity index (χ3n) is 6.32. The van der Waals surface area contributed by atoms with Crippen molar-refractivity contribution >= 4 is 34.4 Å². The number of nitrogens with zero attached hydrogens (tertiary/aromatic N) is 4. The summed E-state index contributed by atoms with van der Waals surface area (Å²) in [5, 5.41) is 0.419. The first-order valence-electron chi connectivity index (χ1n) is 10.8. The van der Waals surface area contributed by atoms with Crippen LogP contribution in [0.25, 0.3) is 11.0 Å². The van der Waals surface area contributed by atoms with Crippen LogP contribution < -0.4 is 0 Å². The number of fused-ring (bicyclic) bond motifs is 1. The minimum absolute atomic E-state index is 0.0281. The van der Waals surface area contributed by atoms with Gasteiger partial charge in [-0.2, -0.15) is 0 Å². The minimum atomic E-state index is -0.428. The average molecular weight is 438 g/mol. The van der Waals surface area contributed by atoms with Crippen LogP contribution in [0.4, 0.5) is 0 Å². The number of amides is 2. The van der Waals surface area contributed by atoms with Crippen LogP contribution in [0, 0.1) is 0 Å². The number of H-pyrrole nitrogens is 1. The maximum Gasteiger partial charge on any atom is 0.256 e. The number of halogens is 1. The number of aromatic nitrogens is 3. The number of imidazole rings is 1. The molecule has 2 aliphatic rings. The van der Waals surface area contributed by atoms with Gasteiger partial charge in [0.1, 0.15) is 11.9 Å². The van der Waals surface area contributed by atoms with E-state index in [0.717, 1.165) is 36.1 Å². The van der Waals surface area contributed by atoms with Gasteiger partial charge in [0.2, 0.25) is 5.91 Å². The number of hydrogen-bond donors (Lipinski definition) is 1. The van der Waals surface area contributed by atoms with Gasteiger partial charge in [0.05, 0.1) is 27.8 Å². The van der Waals surface area contributed by atoms with Crippen molar-refractivity contribution in [2.24, 2.45) is 0 Å². The standard InChI is InChI=1S/C23H24ClN5O2/c24-17-7-2-1-6-16(17)22(30)29-12-4-8-20(29)23(31)28-11-3-5-15(14-28)21-26-18-9-10-25-13-19(18)27-21/h1-2,6-7,9-10,13,15,20H,3-5,8,11-12,14H2,(H,26,27)/t15?,20-/m1/s1. The van der Waals surface area contributed by atoms with Gasteiger partial charge in [0.25, 0.3) is 5.91 Å². The number of benzene rings is 1. The summed E-state index contributed by atoms with van der Waals surface area (Å²) >= 11 is 6.24. The molecule has 0 spiro atoms. The predicted molar refractivity (Wildman–Crippen MR) is 118 cm³/mol. The summed E-state index contributed by atoms with van der Waals surface area (Å²) in [6, 6.07) is 8.48. The number of nitrogens with one attached hydrogen (secondary N) is 1. The molecule has 0 saturated carbocycles. The molecule has 2 aliphatic heterocycles. The molecule has 4 heterocycles. The second kappa shape index (κ2) is 8.30. The fourth-order valence-corrected chi connectivity index (χ4v) is 4.95. The van der Waals surface area contributed by atoms with Crippen molar-refractivity contribution < 1.29 is 9.59 Å². The van der Waals surface area contributed by atoms with Crippen LogP contribution in [-0.4, -0.2) is 62.2 Å². The van der Waals surface area contributed by atoms with E-state index in [4.69, 9.17) is 16.6 Å². The van der Waals surface area contributed by atoms with E-state index >= 15 is 0 Å². The molecule has 2 aromatic heterocycles. The third-order valence-corrected chi connectivity index (χ3v) is 6.65. The molecule has 0 radical (unpaired) electrons. The lowest BCUT2D eigenvalue weighted by Gasteiger charge is -2.35. The predicted octanol–water partition coefficient (Wildman–Crippen LogP) is 3.62. The number of carbonyl (C=O) groups is 2. The molecule has 2 fully saturated rings. The van der Waals surface area contributed by atoms with E-state index in [1.165, 1.54) is 0 Å². The van der Waals surface area contributed by atoms with Crippen LogP contribution in [0.5, 0.6) is 0 Å². The monoisotopic (exact) mass is 437 g/mol. The molecule has 3 aromatic rings. The number of rotatable bonds is 3. The molecule has 2 saturated heterocycles. The third kappa shape index (κ3) is 3.78. The second-order valence-electron chi connectivity index (χ2n) is 8.27. The zero-order chi connectivity index (χ0) is 21.4. The Hall–Kier alpha value is -2.93. The molecule has 1 aromatic carbocycles. The summed E-state index contributed by atoms with van der Waals surface area (Å²) in [5.74, 6) is 0.912. The van der Waals surface area contributed by atoms with E-state index in [-0.39, 0.29) is 17.7 Å². The average Bonchev–Trinajstić information content (AvgIpc) is 3.46. The Balaban J connectivity index is 1.33. The van der Waals surface area contributed by atoms with Gasteiger partial charge in [-0.25, -0.2) is 4.98 Å². The molecular weight excluding hydrogens is 414 g/mol. The first-order chi connectivity index (χ1) is 15.1. The molecule has 31 heavy (non-hydrogen) atoms. The smallest absolute Gasteiger partial charge is 0.256 e. The summed E-state index contributed by atoms with van der Waals surface area (Å²) in [6.45, 7) is 1.90. The van der Waals surface area contributed by atoms with Crippen LogP contribution in [0.1, 0.15) is 47.8 Å². The molecular formula is C23H24ClN5O2. The molecule has 0 bridgehead atoms. The van der Waals surface area contributed by atoms with Crippen molar-refractivity contribution in [2.75, 3.05) is 19.6 Å². The molecule has 160 valence electrons. The number of piperidine rings is 1. The first-order valence-corrected chi connectivity index (χ1v) is 11.1. The van der Waals surface area contributed by atoms with E-state index in [0.29, 0.717) is 36.6 Å². The summed E-state index contributed by atoms with van der Waals surface area (Å²) < 4.78 is 0. The largest absolute Gasteiger partial charge is 0.340 e. The highest BCUT2D eigenvalue weighted by Gasteiger charge is 2.39. The quantitative estimate of drug-likeness (QED) is 0.678. The SMILES string of the molecule is O=C([C@H]1CCCN1C(=O)c1ccccc1Cl)N1CCCC(c2nc3ccncc3[nH]2)C1. The molecule has 2 atom stereocenters. The van der Waals surface area contributed by atoms with Crippen LogP contribution in [-0.2, 0) is 4.79 Å². The number of aromatic amines is 1. The van der Waals surface area contributed by atoms with Crippen molar-refractivity contribution in [1.82, 2.24) is 24.8 Å². The normalized spacial score (nSPS) is 21.6. The Kier molecular flexibility index (Phi) is 5.36. The molecule has 8 heteroatoms. The Morgan fingerprint density at radius 1 is 1.10 bits per heavy atom. The van der Waals surface area contributed by atoms with E-state index in [9.17, 15) is 9.59 Å². The lowest BCUT2D eigenvalue weighted by molar-refractivity contribution is -0.136. The highest BCUT2D eigenvalue weighted by atomic mass is 35.5. The van der Waals surface area contributed by atoms with Crippen molar-refractivity contribution in [3.63, 3.8) is 0 Å². The Labute approximate surface area is 185 Å². The highest BCUT2D eigenvalue weighted by molar-refractivity contribution is 6.33. The van der Waals surface area contributed by atoms with E-state index in [2.05, 4.69) is 9.97 Å². The zero-order valence-corrected chi connectivity index (χ0v) is 17.9. The number of hydrogen-bond acceptors (Lipinski definition) is 4. The van der Waals surface area contributed by atoms with Gasteiger partial charge in [-0.1, -0.05) is 23.7 Å². The Morgan fingerprint density at radius 3 is 2.77 bits per heavy atom. The van der Waals surface area contributed by atoms with Crippen LogP contribution >= 0.6 is 11.6 Å². The lowest BCUT2D eigenvalue weighted by Crippen LogP contribution is -2.50. The van der Waals surface area contributed by atoms with Crippen LogP contribution in [0.3, 0.4) is 0 Å². The van der Waals surface area contributed by atoms with Gasteiger partial charge < -0.3 is 14.8 Å². The molecule has 5 rings (SSSR count). The summed E-state index contributed by atoms with van der Waals surface area (Å²) in [5.41, 5.74) is 2.25. The minimum Gasteiger partial charge on any atom is -0.340 e. The summed E-state index contributed by atoms with van der Waals surface area (Å²) in [7, 11) is 0. The van der Waals surface area contributed by atoms with Crippen molar-refractivity contribution in [1.29, 1.82) is 0 Å². The molecule has 0 aliphatic carbocycles. The van der Waals surface area contributed by atoms with Crippen LogP contribution in [0.2, 0.25) is 5.02 Å². The molecule has 1 unspecified atom stereocenters. The summed E-state index contributed by atoms with van der Waals surface area (Å²) in [6.07, 6.45) is 6.90. The molecule has 2 amide bonds. The van der Waals surface area contributed by atoms with E-state index < -0.39 is 6.04 Å². The van der Waals surface area contributed by atoms with Gasteiger partial charge in [-0.15, -0.1) is 0 Å². The Bertz CT molecular complexity index is 1100. The van der Waals surface area contributed by atoms with E-state index in [1.807, 2.05) is 11.0 Å². The van der Waals surface area contributed by atoms with E-state index in [1.54, 1.807) is 41.6 Å². The van der Waals surface area contributed by atoms with Gasteiger partial charge in [-0.05, 0) is 43.9 Å². The highest BCUT2D eigenvalue weighted by Crippen LogP contribution is 2.30. The second-order valence-corrected chi connectivity index (χ2v) is 8.68. The van der Waals surface area contributed by atoms with Gasteiger partial charge >= 0.3 is 0 Å². The number of pyridine rings is 1. The van der Waals surface area contributed by atoms with Crippen molar-refractivity contribution in [3.8, 4) is 0 Å². The first kappa shape index (κ1) is 20.0. The summed E-state index contributed by atoms with van der Waals surface area (Å²) in [4.78, 5) is 42.3. The lowest BCUT2D eigenvalue weighted by atomic mass is 9.96. The number of likely N-dealkylation sites (tertiary alicyclic amines) is 2. The fourth-order valence-electron chi connectivity index (χ4n) is 4.74. The van der Waals surface area contributed by atoms with Crippen LogP contribution in [0.15, 0.2) is 42.7 Å². The molecule has 7 nitrogen and oxygen atoms in total. The zero-order valence-electron chi connectivity index (χ0n) is 17.1. The van der Waals surface area contributed by atoms with Gasteiger partial charge in [-0.3, -0.25) is 14.6 Å². The van der Waals surface area contributed by atoms with Crippen molar-refractivity contribution in [2.45, 2.75) is 37.6 Å². The van der Waals surface area contributed by atoms with Crippen molar-refractivity contribution in [3.05, 3.63) is 59.1 Å². The maximum absolute atomic E-state index is 13.4. The maximum atomic E-state index is 13.4. The molecule has 1 N–H and O–H groups in total. The van der Waals surface area contributed by atoms with Gasteiger partial charge in [0.15, 0.2) is 0 Å². The fraction of sp³-hybridized carbons (Fsp3) is 0.391.